The highest BCUT2D eigenvalue weighted by atomic mass is 79.9. The molecule has 1 aromatic carbocycles. The Kier molecular flexibility index (Phi) is 3.07. The Morgan fingerprint density at radius 1 is 1.44 bits per heavy atom. The lowest BCUT2D eigenvalue weighted by atomic mass is 10.3. The zero-order chi connectivity index (χ0) is 12.5. The molecule has 92 valence electrons. The quantitative estimate of drug-likeness (QED) is 0.803. The molecule has 0 aliphatic heterocycles. The minimum atomic E-state index is 0.390. The Hall–Kier alpha value is -1.37. The summed E-state index contributed by atoms with van der Waals surface area (Å²) >= 11 is 4.97. The Balaban J connectivity index is 2.01. The van der Waals surface area contributed by atoms with Gasteiger partial charge in [0.05, 0.1) is 0 Å². The third kappa shape index (κ3) is 2.03. The van der Waals surface area contributed by atoms with Crippen LogP contribution in [0.3, 0.4) is 0 Å². The zero-order valence-corrected chi connectivity index (χ0v) is 11.7. The van der Waals surface area contributed by atoms with Crippen molar-refractivity contribution in [3.05, 3.63) is 46.0 Å². The number of nitrogens with zero attached hydrogens (tertiary/aromatic N) is 2. The van der Waals surface area contributed by atoms with Gasteiger partial charge in [-0.3, -0.25) is 4.40 Å². The van der Waals surface area contributed by atoms with Crippen molar-refractivity contribution in [2.75, 3.05) is 0 Å². The van der Waals surface area contributed by atoms with Crippen LogP contribution in [-0.2, 0) is 6.54 Å². The monoisotopic (exact) mass is 323 g/mol. The Morgan fingerprint density at radius 2 is 2.33 bits per heavy atom. The number of aromatic nitrogens is 2. The van der Waals surface area contributed by atoms with Crippen molar-refractivity contribution in [2.45, 2.75) is 6.54 Å². The number of ether oxygens (including phenoxy) is 1. The van der Waals surface area contributed by atoms with Crippen LogP contribution in [0.15, 0.2) is 40.3 Å². The van der Waals surface area contributed by atoms with Crippen LogP contribution in [0.1, 0.15) is 5.69 Å². The van der Waals surface area contributed by atoms with Gasteiger partial charge in [0.15, 0.2) is 4.96 Å². The third-order valence-electron chi connectivity index (χ3n) is 2.53. The van der Waals surface area contributed by atoms with Gasteiger partial charge in [0.25, 0.3) is 0 Å². The van der Waals surface area contributed by atoms with E-state index in [1.54, 1.807) is 11.3 Å². The van der Waals surface area contributed by atoms with Gasteiger partial charge in [-0.2, -0.15) is 4.98 Å². The molecule has 0 atom stereocenters. The molecule has 0 aliphatic carbocycles. The highest BCUT2D eigenvalue weighted by molar-refractivity contribution is 9.10. The summed E-state index contributed by atoms with van der Waals surface area (Å²) in [5.74, 6) is 1.31. The number of fused-ring (bicyclic) bond motifs is 1. The van der Waals surface area contributed by atoms with E-state index in [2.05, 4.69) is 20.9 Å². The summed E-state index contributed by atoms with van der Waals surface area (Å²) in [7, 11) is 0. The summed E-state index contributed by atoms with van der Waals surface area (Å²) in [6.45, 7) is 0.390. The van der Waals surface area contributed by atoms with Crippen molar-refractivity contribution < 1.29 is 4.74 Å². The lowest BCUT2D eigenvalue weighted by Gasteiger charge is -2.04. The number of benzene rings is 1. The van der Waals surface area contributed by atoms with Crippen LogP contribution in [0.4, 0.5) is 0 Å². The van der Waals surface area contributed by atoms with Crippen molar-refractivity contribution in [3.63, 3.8) is 0 Å². The van der Waals surface area contributed by atoms with Crippen molar-refractivity contribution in [1.82, 2.24) is 9.38 Å². The van der Waals surface area contributed by atoms with E-state index in [1.807, 2.05) is 40.2 Å². The molecule has 0 saturated heterocycles. The van der Waals surface area contributed by atoms with Gasteiger partial charge in [-0.15, -0.1) is 11.3 Å². The smallest absolute Gasteiger partial charge is 0.243 e. The van der Waals surface area contributed by atoms with Gasteiger partial charge in [-0.1, -0.05) is 22.0 Å². The molecule has 2 N–H and O–H groups in total. The first-order chi connectivity index (χ1) is 8.78. The SMILES string of the molecule is NCc1c(Oc2cccc(Br)c2)nc2sccn12. The lowest BCUT2D eigenvalue weighted by molar-refractivity contribution is 0.459. The molecule has 6 heteroatoms. The third-order valence-corrected chi connectivity index (χ3v) is 3.78. The molecule has 0 amide bonds. The first kappa shape index (κ1) is 11.7. The molecule has 0 saturated carbocycles. The highest BCUT2D eigenvalue weighted by Crippen LogP contribution is 2.28. The maximum atomic E-state index is 5.79. The Bertz CT molecular complexity index is 692. The number of rotatable bonds is 3. The van der Waals surface area contributed by atoms with Gasteiger partial charge in [0.2, 0.25) is 5.88 Å². The van der Waals surface area contributed by atoms with Crippen LogP contribution in [0.2, 0.25) is 0 Å². The van der Waals surface area contributed by atoms with E-state index in [0.29, 0.717) is 12.4 Å². The van der Waals surface area contributed by atoms with Crippen LogP contribution >= 0.6 is 27.3 Å². The molecule has 0 bridgehead atoms. The van der Waals surface area contributed by atoms with Gasteiger partial charge in [-0.25, -0.2) is 0 Å². The number of imidazole rings is 1. The molecule has 0 fully saturated rings. The van der Waals surface area contributed by atoms with Crippen molar-refractivity contribution in [3.8, 4) is 11.6 Å². The van der Waals surface area contributed by atoms with Gasteiger partial charge < -0.3 is 10.5 Å². The zero-order valence-electron chi connectivity index (χ0n) is 9.34. The summed E-state index contributed by atoms with van der Waals surface area (Å²) < 4.78 is 8.71. The minimum absolute atomic E-state index is 0.390. The number of halogens is 1. The molecule has 0 radical (unpaired) electrons. The van der Waals surface area contributed by atoms with E-state index in [1.165, 1.54) is 0 Å². The van der Waals surface area contributed by atoms with Crippen LogP contribution in [-0.4, -0.2) is 9.38 Å². The summed E-state index contributed by atoms with van der Waals surface area (Å²) in [6, 6.07) is 7.65. The predicted molar refractivity (Wildman–Crippen MR) is 75.2 cm³/mol. The molecular formula is C12H10BrN3OS. The van der Waals surface area contributed by atoms with Gasteiger partial charge >= 0.3 is 0 Å². The van der Waals surface area contributed by atoms with Crippen LogP contribution in [0.5, 0.6) is 11.6 Å². The van der Waals surface area contributed by atoms with Gasteiger partial charge in [-0.05, 0) is 18.2 Å². The molecule has 0 aliphatic rings. The Labute approximate surface area is 116 Å². The maximum absolute atomic E-state index is 5.79. The fourth-order valence-electron chi connectivity index (χ4n) is 1.72. The molecule has 18 heavy (non-hydrogen) atoms. The average Bonchev–Trinajstić information content (AvgIpc) is 2.89. The number of nitrogens with two attached hydrogens (primary N) is 1. The average molecular weight is 324 g/mol. The van der Waals surface area contributed by atoms with E-state index >= 15 is 0 Å². The van der Waals surface area contributed by atoms with Crippen LogP contribution in [0, 0.1) is 0 Å². The Morgan fingerprint density at radius 3 is 3.11 bits per heavy atom. The predicted octanol–water partition coefficient (Wildman–Crippen LogP) is 3.41. The van der Waals surface area contributed by atoms with E-state index in [4.69, 9.17) is 10.5 Å². The van der Waals surface area contributed by atoms with Crippen molar-refractivity contribution >= 4 is 32.2 Å². The number of hydrogen-bond acceptors (Lipinski definition) is 4. The van der Waals surface area contributed by atoms with Crippen LogP contribution in [0.25, 0.3) is 4.96 Å². The minimum Gasteiger partial charge on any atom is -0.437 e. The largest absolute Gasteiger partial charge is 0.437 e. The fraction of sp³-hybridized carbons (Fsp3) is 0.0833. The van der Waals surface area contributed by atoms with Gasteiger partial charge in [0.1, 0.15) is 11.4 Å². The summed E-state index contributed by atoms with van der Waals surface area (Å²) in [5, 5.41) is 1.98. The maximum Gasteiger partial charge on any atom is 0.243 e. The molecule has 0 unspecified atom stereocenters. The summed E-state index contributed by atoms with van der Waals surface area (Å²) in [6.07, 6.45) is 1.95. The van der Waals surface area contributed by atoms with Crippen molar-refractivity contribution in [2.24, 2.45) is 5.73 Å². The first-order valence-electron chi connectivity index (χ1n) is 5.36. The molecule has 0 spiro atoms. The molecule has 3 rings (SSSR count). The first-order valence-corrected chi connectivity index (χ1v) is 7.03. The van der Waals surface area contributed by atoms with Gasteiger partial charge in [0, 0.05) is 22.6 Å². The summed E-state index contributed by atoms with van der Waals surface area (Å²) in [5.41, 5.74) is 6.64. The van der Waals surface area contributed by atoms with E-state index in [-0.39, 0.29) is 0 Å². The van der Waals surface area contributed by atoms with E-state index in [9.17, 15) is 0 Å². The second kappa shape index (κ2) is 4.72. The van der Waals surface area contributed by atoms with E-state index < -0.39 is 0 Å². The molecule has 2 aromatic heterocycles. The number of hydrogen-bond donors (Lipinski definition) is 1. The standard InChI is InChI=1S/C12H10BrN3OS/c13-8-2-1-3-9(6-8)17-11-10(7-14)16-4-5-18-12(16)15-11/h1-6H,7,14H2. The summed E-state index contributed by atoms with van der Waals surface area (Å²) in [4.78, 5) is 5.32. The second-order valence-electron chi connectivity index (χ2n) is 3.68. The normalized spacial score (nSPS) is 11.0. The molecular weight excluding hydrogens is 314 g/mol. The topological polar surface area (TPSA) is 52.5 Å². The fourth-order valence-corrected chi connectivity index (χ4v) is 2.83. The van der Waals surface area contributed by atoms with Crippen LogP contribution < -0.4 is 10.5 Å². The second-order valence-corrected chi connectivity index (χ2v) is 5.47. The van der Waals surface area contributed by atoms with E-state index in [0.717, 1.165) is 20.9 Å². The molecule has 3 aromatic rings. The van der Waals surface area contributed by atoms with Crippen molar-refractivity contribution in [1.29, 1.82) is 0 Å². The molecule has 2 heterocycles. The highest BCUT2D eigenvalue weighted by Gasteiger charge is 2.13. The lowest BCUT2D eigenvalue weighted by Crippen LogP contribution is -2.01. The number of thiazole rings is 1. The molecule has 4 nitrogen and oxygen atoms in total.